The lowest BCUT2D eigenvalue weighted by atomic mass is 10.1. The minimum Gasteiger partial charge on any atom is -0.480 e. The summed E-state index contributed by atoms with van der Waals surface area (Å²) >= 11 is 0. The van der Waals surface area contributed by atoms with Crippen molar-refractivity contribution < 1.29 is 9.90 Å². The number of benzene rings is 1. The minimum absolute atomic E-state index is 0.233. The zero-order valence-corrected chi connectivity index (χ0v) is 11.3. The fourth-order valence-corrected chi connectivity index (χ4v) is 2.19. The normalized spacial score (nSPS) is 10.7. The highest BCUT2D eigenvalue weighted by Gasteiger charge is 2.17. The van der Waals surface area contributed by atoms with Gasteiger partial charge in [0.25, 0.3) is 0 Å². The molecular weight excluding hydrogens is 270 g/mol. The van der Waals surface area contributed by atoms with Crippen LogP contribution in [0.3, 0.4) is 0 Å². The largest absolute Gasteiger partial charge is 0.480 e. The molecule has 0 aliphatic carbocycles. The van der Waals surface area contributed by atoms with Crippen LogP contribution in [-0.2, 0) is 11.3 Å². The Balaban J connectivity index is 2.15. The first-order valence-corrected chi connectivity index (χ1v) is 6.37. The Hall–Kier alpha value is -2.96. The fraction of sp³-hybridized carbons (Fsp3) is 0.143. The number of carboxylic acids is 1. The molecule has 0 saturated heterocycles. The summed E-state index contributed by atoms with van der Waals surface area (Å²) in [6.45, 7) is 1.50. The van der Waals surface area contributed by atoms with Crippen LogP contribution < -0.4 is 0 Å². The Morgan fingerprint density at radius 2 is 2.10 bits per heavy atom. The number of rotatable bonds is 4. The van der Waals surface area contributed by atoms with Gasteiger partial charge in [0.15, 0.2) is 5.82 Å². The summed E-state index contributed by atoms with van der Waals surface area (Å²) in [5.41, 5.74) is 1.64. The van der Waals surface area contributed by atoms with Gasteiger partial charge >= 0.3 is 5.97 Å². The Labute approximate surface area is 120 Å². The molecule has 3 rings (SSSR count). The van der Waals surface area contributed by atoms with Crippen molar-refractivity contribution in [1.82, 2.24) is 24.7 Å². The van der Waals surface area contributed by atoms with E-state index in [0.29, 0.717) is 17.5 Å². The van der Waals surface area contributed by atoms with Crippen LogP contribution in [-0.4, -0.2) is 35.8 Å². The molecule has 2 aromatic heterocycles. The number of aromatic amines is 1. The monoisotopic (exact) mass is 283 g/mol. The molecule has 0 bridgehead atoms. The maximum atomic E-state index is 11.0. The third kappa shape index (κ3) is 2.53. The molecular formula is C14H13N5O2. The first kappa shape index (κ1) is 13.0. The second-order valence-electron chi connectivity index (χ2n) is 4.52. The number of nitrogens with zero attached hydrogens (tertiary/aromatic N) is 4. The average molecular weight is 283 g/mol. The average Bonchev–Trinajstić information content (AvgIpc) is 3.08. The molecule has 3 aromatic rings. The van der Waals surface area contributed by atoms with E-state index in [9.17, 15) is 4.79 Å². The first-order chi connectivity index (χ1) is 10.1. The van der Waals surface area contributed by atoms with E-state index in [0.717, 1.165) is 11.1 Å². The highest BCUT2D eigenvalue weighted by molar-refractivity contribution is 5.77. The number of hydrogen-bond donors (Lipinski definition) is 2. The van der Waals surface area contributed by atoms with E-state index in [2.05, 4.69) is 20.1 Å². The molecule has 1 aromatic carbocycles. The third-order valence-electron chi connectivity index (χ3n) is 2.98. The van der Waals surface area contributed by atoms with Gasteiger partial charge in [0.2, 0.25) is 0 Å². The minimum atomic E-state index is -0.961. The van der Waals surface area contributed by atoms with Crippen molar-refractivity contribution in [2.45, 2.75) is 13.5 Å². The predicted molar refractivity (Wildman–Crippen MR) is 75.4 cm³/mol. The molecule has 7 heteroatoms. The second kappa shape index (κ2) is 5.20. The highest BCUT2D eigenvalue weighted by atomic mass is 16.4. The first-order valence-electron chi connectivity index (χ1n) is 6.37. The van der Waals surface area contributed by atoms with Gasteiger partial charge in [-0.1, -0.05) is 24.3 Å². The van der Waals surface area contributed by atoms with Gasteiger partial charge in [-0.05, 0) is 6.92 Å². The topological polar surface area (TPSA) is 96.7 Å². The molecule has 0 unspecified atom stereocenters. The molecule has 7 nitrogen and oxygen atoms in total. The Bertz CT molecular complexity index is 777. The fourth-order valence-electron chi connectivity index (χ4n) is 2.19. The number of H-pyrrole nitrogens is 1. The van der Waals surface area contributed by atoms with E-state index in [1.165, 1.54) is 4.68 Å². The van der Waals surface area contributed by atoms with Gasteiger partial charge in [0.05, 0.1) is 0 Å². The van der Waals surface area contributed by atoms with Gasteiger partial charge in [-0.25, -0.2) is 14.6 Å². The molecule has 0 fully saturated rings. The number of aromatic nitrogens is 5. The number of nitrogens with one attached hydrogen (secondary N) is 1. The van der Waals surface area contributed by atoms with Gasteiger partial charge in [-0.15, -0.1) is 0 Å². The molecule has 2 N–H and O–H groups in total. The lowest BCUT2D eigenvalue weighted by Crippen LogP contribution is -2.12. The summed E-state index contributed by atoms with van der Waals surface area (Å²) in [6, 6.07) is 7.55. The van der Waals surface area contributed by atoms with Gasteiger partial charge in [-0.2, -0.15) is 5.10 Å². The van der Waals surface area contributed by atoms with E-state index in [1.54, 1.807) is 19.3 Å². The molecule has 0 saturated carbocycles. The third-order valence-corrected chi connectivity index (χ3v) is 2.98. The van der Waals surface area contributed by atoms with Crippen molar-refractivity contribution in [3.05, 3.63) is 42.5 Å². The maximum absolute atomic E-state index is 11.0. The van der Waals surface area contributed by atoms with Gasteiger partial charge in [0, 0.05) is 23.5 Å². The number of aliphatic carboxylic acids is 1. The Morgan fingerprint density at radius 3 is 2.76 bits per heavy atom. The van der Waals surface area contributed by atoms with E-state index < -0.39 is 5.97 Å². The number of carbonyl (C=O) groups is 1. The van der Waals surface area contributed by atoms with Crippen LogP contribution in [0.25, 0.3) is 22.8 Å². The summed E-state index contributed by atoms with van der Waals surface area (Å²) in [4.78, 5) is 22.6. The highest BCUT2D eigenvalue weighted by Crippen LogP contribution is 2.28. The predicted octanol–water partition coefficient (Wildman–Crippen LogP) is 1.73. The number of imidazole rings is 1. The zero-order chi connectivity index (χ0) is 14.8. The molecule has 106 valence electrons. The molecule has 0 aliphatic rings. The number of hydrogen-bond acceptors (Lipinski definition) is 4. The van der Waals surface area contributed by atoms with Crippen LogP contribution in [0.2, 0.25) is 0 Å². The molecule has 0 aliphatic heterocycles. The van der Waals surface area contributed by atoms with Gasteiger partial charge in [-0.3, -0.25) is 4.79 Å². The molecule has 0 amide bonds. The van der Waals surface area contributed by atoms with Crippen LogP contribution in [0.15, 0.2) is 36.7 Å². The SMILES string of the molecule is Cc1nc(-c2ccccc2-c2ncc[nH]2)n(CC(=O)O)n1. The van der Waals surface area contributed by atoms with Crippen molar-refractivity contribution in [2.24, 2.45) is 0 Å². The molecule has 2 heterocycles. The van der Waals surface area contributed by atoms with Crippen LogP contribution in [0.5, 0.6) is 0 Å². The lowest BCUT2D eigenvalue weighted by Gasteiger charge is -2.07. The summed E-state index contributed by atoms with van der Waals surface area (Å²) in [6.07, 6.45) is 3.40. The van der Waals surface area contributed by atoms with Crippen molar-refractivity contribution in [3.63, 3.8) is 0 Å². The summed E-state index contributed by atoms with van der Waals surface area (Å²) in [7, 11) is 0. The molecule has 21 heavy (non-hydrogen) atoms. The summed E-state index contributed by atoms with van der Waals surface area (Å²) < 4.78 is 1.39. The van der Waals surface area contributed by atoms with Crippen LogP contribution in [0, 0.1) is 6.92 Å². The second-order valence-corrected chi connectivity index (χ2v) is 4.52. The number of aryl methyl sites for hydroxylation is 1. The quantitative estimate of drug-likeness (QED) is 0.760. The van der Waals surface area contributed by atoms with Gasteiger partial charge in [0.1, 0.15) is 18.2 Å². The van der Waals surface area contributed by atoms with E-state index in [-0.39, 0.29) is 6.54 Å². The molecule has 0 spiro atoms. The van der Waals surface area contributed by atoms with Crippen molar-refractivity contribution >= 4 is 5.97 Å². The van der Waals surface area contributed by atoms with Crippen molar-refractivity contribution in [3.8, 4) is 22.8 Å². The number of carboxylic acid groups (broad SMARTS) is 1. The summed E-state index contributed by atoms with van der Waals surface area (Å²) in [5.74, 6) is 0.784. The van der Waals surface area contributed by atoms with E-state index >= 15 is 0 Å². The van der Waals surface area contributed by atoms with E-state index in [4.69, 9.17) is 5.11 Å². The smallest absolute Gasteiger partial charge is 0.325 e. The standard InChI is InChI=1S/C14H13N5O2/c1-9-17-14(19(18-9)8-12(20)21)11-5-3-2-4-10(11)13-15-6-7-16-13/h2-7H,8H2,1H3,(H,15,16)(H,20,21). The zero-order valence-electron chi connectivity index (χ0n) is 11.3. The maximum Gasteiger partial charge on any atom is 0.325 e. The Kier molecular flexibility index (Phi) is 3.23. The van der Waals surface area contributed by atoms with Crippen molar-refractivity contribution in [1.29, 1.82) is 0 Å². The van der Waals surface area contributed by atoms with E-state index in [1.807, 2.05) is 24.3 Å². The van der Waals surface area contributed by atoms with Crippen LogP contribution >= 0.6 is 0 Å². The lowest BCUT2D eigenvalue weighted by molar-refractivity contribution is -0.137. The Morgan fingerprint density at radius 1 is 1.33 bits per heavy atom. The van der Waals surface area contributed by atoms with Crippen LogP contribution in [0.4, 0.5) is 0 Å². The van der Waals surface area contributed by atoms with Gasteiger partial charge < -0.3 is 10.1 Å². The van der Waals surface area contributed by atoms with Crippen LogP contribution in [0.1, 0.15) is 5.82 Å². The summed E-state index contributed by atoms with van der Waals surface area (Å²) in [5, 5.41) is 13.1. The van der Waals surface area contributed by atoms with Crippen molar-refractivity contribution in [2.75, 3.05) is 0 Å². The molecule has 0 atom stereocenters. The molecule has 0 radical (unpaired) electrons.